The molecule has 0 heterocycles. The van der Waals surface area contributed by atoms with Crippen LogP contribution in [0.15, 0.2) is 0 Å². The second-order valence-electron chi connectivity index (χ2n) is 8.29. The molecule has 0 aromatic heterocycles. The van der Waals surface area contributed by atoms with Gasteiger partial charge in [-0.2, -0.15) is 0 Å². The fourth-order valence-corrected chi connectivity index (χ4v) is 10.8. The zero-order valence-corrected chi connectivity index (χ0v) is 24.8. The van der Waals surface area contributed by atoms with Gasteiger partial charge in [0.15, 0.2) is 0 Å². The van der Waals surface area contributed by atoms with Gasteiger partial charge in [0.2, 0.25) is 0 Å². The minimum atomic E-state index is -2.98. The molecule has 0 radical (unpaired) electrons. The molecule has 0 atom stereocenters. The highest BCUT2D eigenvalue weighted by Gasteiger charge is 2.49. The van der Waals surface area contributed by atoms with E-state index in [9.17, 15) is 4.57 Å². The minimum Gasteiger partial charge on any atom is -0.374 e. The lowest BCUT2D eigenvalue weighted by molar-refractivity contribution is 0.0181. The van der Waals surface area contributed by atoms with Crippen molar-refractivity contribution in [2.24, 2.45) is 0 Å². The molecule has 0 aliphatic heterocycles. The van der Waals surface area contributed by atoms with E-state index in [0.717, 1.165) is 0 Å². The average molecular weight is 519 g/mol. The topological polar surface area (TPSA) is 90.9 Å². The Morgan fingerprint density at radius 2 is 0.750 bits per heavy atom. The van der Waals surface area contributed by atoms with Gasteiger partial charge in [-0.15, -0.1) is 0 Å². The molecule has 12 heteroatoms. The quantitative estimate of drug-likeness (QED) is 0.162. The highest BCUT2D eigenvalue weighted by atomic mass is 31.1. The highest BCUT2D eigenvalue weighted by Crippen LogP contribution is 2.42. The number of rotatable bonds is 20. The van der Waals surface area contributed by atoms with Crippen molar-refractivity contribution in [3.8, 4) is 0 Å². The van der Waals surface area contributed by atoms with Crippen LogP contribution in [0.2, 0.25) is 12.1 Å². The summed E-state index contributed by atoms with van der Waals surface area (Å²) >= 11 is 0. The first kappa shape index (κ1) is 32.3. The van der Waals surface area contributed by atoms with Crippen LogP contribution in [0.25, 0.3) is 0 Å². The van der Waals surface area contributed by atoms with Crippen LogP contribution in [0.3, 0.4) is 0 Å². The second-order valence-corrected chi connectivity index (χ2v) is 14.4. The predicted molar refractivity (Wildman–Crippen MR) is 130 cm³/mol. The normalized spacial score (nSPS) is 13.8. The Morgan fingerprint density at radius 3 is 0.938 bits per heavy atom. The maximum absolute atomic E-state index is 12.9. The van der Waals surface area contributed by atoms with Crippen molar-refractivity contribution in [1.29, 1.82) is 0 Å². The standard InChI is InChI=1S/C20H47O9PSi2/c1-11-22-31(23-12-2,24-13-3)17-19(7,8)28-30(21)29-20(9,10)18-32(25-14-4,26-15-5)27-16-6/h30H,11-18H2,1-10H3. The van der Waals surface area contributed by atoms with Crippen LogP contribution in [-0.4, -0.2) is 68.5 Å². The van der Waals surface area contributed by atoms with Gasteiger partial charge >= 0.3 is 25.9 Å². The number of hydrogen-bond acceptors (Lipinski definition) is 9. The molecule has 0 fully saturated rings. The van der Waals surface area contributed by atoms with Crippen molar-refractivity contribution in [2.75, 3.05) is 39.6 Å². The van der Waals surface area contributed by atoms with Crippen molar-refractivity contribution in [3.05, 3.63) is 0 Å². The molecule has 0 spiro atoms. The molecule has 0 aliphatic carbocycles. The Morgan fingerprint density at radius 1 is 0.531 bits per heavy atom. The van der Waals surface area contributed by atoms with Gasteiger partial charge in [0.1, 0.15) is 0 Å². The van der Waals surface area contributed by atoms with Crippen LogP contribution in [0.1, 0.15) is 69.2 Å². The van der Waals surface area contributed by atoms with E-state index in [1.807, 2.05) is 69.2 Å². The molecule has 32 heavy (non-hydrogen) atoms. The molecule has 0 N–H and O–H groups in total. The molecule has 9 nitrogen and oxygen atoms in total. The predicted octanol–water partition coefficient (Wildman–Crippen LogP) is 5.06. The SMILES string of the molecule is CCO[Si](CC(C)(C)O[PH](=O)OC(C)(C)C[Si](OCC)(OCC)OCC)(OCC)OCC. The second kappa shape index (κ2) is 15.4. The summed E-state index contributed by atoms with van der Waals surface area (Å²) in [6, 6.07) is 0.705. The summed E-state index contributed by atoms with van der Waals surface area (Å²) < 4.78 is 60.2. The van der Waals surface area contributed by atoms with E-state index in [4.69, 9.17) is 35.6 Å². The molecule has 0 amide bonds. The largest absolute Gasteiger partial charge is 0.503 e. The first-order valence-corrected chi connectivity index (χ1v) is 16.7. The summed E-state index contributed by atoms with van der Waals surface area (Å²) in [4.78, 5) is 0. The fourth-order valence-electron chi connectivity index (χ4n) is 3.46. The van der Waals surface area contributed by atoms with Crippen LogP contribution < -0.4 is 0 Å². The van der Waals surface area contributed by atoms with Gasteiger partial charge in [-0.3, -0.25) is 4.57 Å². The maximum atomic E-state index is 12.9. The third kappa shape index (κ3) is 12.2. The molecule has 0 rings (SSSR count). The first-order valence-electron chi connectivity index (χ1n) is 11.6. The molecular formula is C20H47O9PSi2. The zero-order chi connectivity index (χ0) is 24.9. The van der Waals surface area contributed by atoms with E-state index in [0.29, 0.717) is 51.7 Å². The van der Waals surface area contributed by atoms with E-state index in [1.165, 1.54) is 0 Å². The van der Waals surface area contributed by atoms with Crippen LogP contribution >= 0.6 is 8.25 Å². The smallest absolute Gasteiger partial charge is 0.374 e. The lowest BCUT2D eigenvalue weighted by Gasteiger charge is -2.37. The molecule has 0 aromatic rings. The third-order valence-corrected chi connectivity index (χ3v) is 12.6. The van der Waals surface area contributed by atoms with E-state index < -0.39 is 37.1 Å². The van der Waals surface area contributed by atoms with Gasteiger partial charge in [0.25, 0.3) is 0 Å². The fraction of sp³-hybridized carbons (Fsp3) is 1.00. The molecule has 0 bridgehead atoms. The van der Waals surface area contributed by atoms with Crippen molar-refractivity contribution < 1.29 is 40.2 Å². The summed E-state index contributed by atoms with van der Waals surface area (Å²) in [5.74, 6) is 0. The number of hydrogen-bond donors (Lipinski definition) is 0. The van der Waals surface area contributed by atoms with Gasteiger partial charge in [-0.1, -0.05) is 0 Å². The lowest BCUT2D eigenvalue weighted by Crippen LogP contribution is -2.51. The molecule has 0 aromatic carbocycles. The summed E-state index contributed by atoms with van der Waals surface area (Å²) in [6.45, 7) is 21.5. The molecule has 0 unspecified atom stereocenters. The van der Waals surface area contributed by atoms with Gasteiger partial charge in [-0.25, -0.2) is 0 Å². The highest BCUT2D eigenvalue weighted by molar-refractivity contribution is 7.33. The molecule has 0 saturated heterocycles. The van der Waals surface area contributed by atoms with Crippen LogP contribution in [-0.2, 0) is 40.2 Å². The average Bonchev–Trinajstić information content (AvgIpc) is 2.60. The third-order valence-electron chi connectivity index (χ3n) is 4.19. The minimum absolute atomic E-state index is 0.352. The van der Waals surface area contributed by atoms with E-state index in [1.54, 1.807) is 0 Å². The Kier molecular flexibility index (Phi) is 15.5. The monoisotopic (exact) mass is 518 g/mol. The summed E-state index contributed by atoms with van der Waals surface area (Å²) in [5, 5.41) is 0. The van der Waals surface area contributed by atoms with Crippen LogP contribution in [0.5, 0.6) is 0 Å². The zero-order valence-electron chi connectivity index (χ0n) is 21.8. The van der Waals surface area contributed by atoms with Crippen molar-refractivity contribution >= 4 is 25.9 Å². The van der Waals surface area contributed by atoms with Gasteiger partial charge in [0.05, 0.1) is 11.2 Å². The van der Waals surface area contributed by atoms with Gasteiger partial charge < -0.3 is 35.6 Å². The molecular weight excluding hydrogens is 471 g/mol. The van der Waals surface area contributed by atoms with Crippen molar-refractivity contribution in [3.63, 3.8) is 0 Å². The van der Waals surface area contributed by atoms with Crippen LogP contribution in [0.4, 0.5) is 0 Å². The Bertz CT molecular complexity index is 457. The molecule has 0 saturated carbocycles. The van der Waals surface area contributed by atoms with Gasteiger partial charge in [0, 0.05) is 51.7 Å². The van der Waals surface area contributed by atoms with Crippen molar-refractivity contribution in [2.45, 2.75) is 92.5 Å². The Balaban J connectivity index is 5.35. The van der Waals surface area contributed by atoms with E-state index in [-0.39, 0.29) is 0 Å². The molecule has 194 valence electrons. The van der Waals surface area contributed by atoms with Crippen LogP contribution in [0, 0.1) is 0 Å². The molecule has 0 aliphatic rings. The van der Waals surface area contributed by atoms with E-state index >= 15 is 0 Å². The first-order chi connectivity index (χ1) is 14.9. The Hall–Kier alpha value is 0.344. The van der Waals surface area contributed by atoms with Crippen molar-refractivity contribution in [1.82, 2.24) is 0 Å². The summed E-state index contributed by atoms with van der Waals surface area (Å²) in [7, 11) is -8.84. The Labute approximate surface area is 198 Å². The lowest BCUT2D eigenvalue weighted by atomic mass is 10.2. The summed E-state index contributed by atoms with van der Waals surface area (Å²) in [6.07, 6.45) is 0. The summed E-state index contributed by atoms with van der Waals surface area (Å²) in [5.41, 5.74) is -1.68. The van der Waals surface area contributed by atoms with E-state index in [2.05, 4.69) is 0 Å². The van der Waals surface area contributed by atoms with Gasteiger partial charge in [-0.05, 0) is 69.2 Å². The maximum Gasteiger partial charge on any atom is 0.503 e.